The van der Waals surface area contributed by atoms with Crippen molar-refractivity contribution in [2.45, 2.75) is 49.5 Å². The predicted molar refractivity (Wildman–Crippen MR) is 241 cm³/mol. The molecular weight excluding hydrogens is 879 g/mol. The molecule has 7 amide bonds. The Labute approximate surface area is 381 Å². The first kappa shape index (κ1) is 47.3. The Hall–Kier alpha value is -5.71. The summed E-state index contributed by atoms with van der Waals surface area (Å²) in [5.74, 6) is -3.30. The summed E-state index contributed by atoms with van der Waals surface area (Å²) in [6, 6.07) is 19.5. The minimum Gasteiger partial charge on any atom is -0.383 e. The van der Waals surface area contributed by atoms with Crippen molar-refractivity contribution in [2.75, 3.05) is 70.2 Å². The number of rotatable bonds is 19. The van der Waals surface area contributed by atoms with Crippen molar-refractivity contribution >= 4 is 68.8 Å². The zero-order chi connectivity index (χ0) is 46.3. The molecule has 7 rings (SSSR count). The van der Waals surface area contributed by atoms with E-state index in [1.165, 1.54) is 22.1 Å². The molecule has 0 spiro atoms. The third kappa shape index (κ3) is 11.8. The van der Waals surface area contributed by atoms with Crippen molar-refractivity contribution < 1.29 is 46.7 Å². The molecule has 4 aliphatic heterocycles. The molecule has 3 aromatic rings. The van der Waals surface area contributed by atoms with Gasteiger partial charge >= 0.3 is 0 Å². The maximum Gasteiger partial charge on any atom is 0.264 e. The summed E-state index contributed by atoms with van der Waals surface area (Å²) in [7, 11) is -1.58. The molecule has 21 heteroatoms. The fraction of sp³-hybridized carbons (Fsp3) is 0.432. The molecule has 4 heterocycles. The number of nitrogens with one attached hydrogen (secondary N) is 6. The largest absolute Gasteiger partial charge is 0.383 e. The Bertz CT molecular complexity index is 2410. The summed E-state index contributed by atoms with van der Waals surface area (Å²) in [6.45, 7) is 2.01. The number of benzene rings is 3. The number of fused-ring (bicyclic) bond motifs is 1. The molecule has 19 nitrogen and oxygen atoms in total. The summed E-state index contributed by atoms with van der Waals surface area (Å²) >= 11 is 1.54. The molecule has 0 aromatic heterocycles. The van der Waals surface area contributed by atoms with E-state index < -0.39 is 69.0 Å². The predicted octanol–water partition coefficient (Wildman–Crippen LogP) is 0.622. The Balaban J connectivity index is 0.848. The van der Waals surface area contributed by atoms with Gasteiger partial charge in [-0.1, -0.05) is 48.5 Å². The first-order chi connectivity index (χ1) is 31.2. The molecule has 5 atom stereocenters. The molecule has 3 aromatic carbocycles. The fourth-order valence-electron chi connectivity index (χ4n) is 8.04. The van der Waals surface area contributed by atoms with Gasteiger partial charge in [0.15, 0.2) is 0 Å². The zero-order valence-corrected chi connectivity index (χ0v) is 37.7. The first-order valence-corrected chi connectivity index (χ1v) is 24.3. The second-order valence-electron chi connectivity index (χ2n) is 16.4. The standard InChI is InChI=1S/C44H53N9O10S2/c1-51(21-18-45-32-10-6-9-31-37(32)43(60)53(42(31)59)35-15-16-36(54)49-41(35)58)22-19-46-38(55)29-13-11-27(12-14-29)24-63-25-33(47-39(56)30-17-20-52(23-30)65(2,61)62)40(57)50-44-48-34(26-64-44)28-7-4-3-5-8-28/h3-14,30,33-35,44-45,48H,15-26H2,1-2H3,(H,46,55)(H,47,56)(H,50,57)(H,49,54,58)/t30?,33-,34?,35?,44?/m0/s1. The van der Waals surface area contributed by atoms with E-state index in [-0.39, 0.29) is 62.2 Å². The van der Waals surface area contributed by atoms with E-state index in [0.29, 0.717) is 43.9 Å². The minimum absolute atomic E-state index is 0.0351. The summed E-state index contributed by atoms with van der Waals surface area (Å²) < 4.78 is 31.3. The van der Waals surface area contributed by atoms with Crippen molar-refractivity contribution in [1.82, 2.24) is 40.7 Å². The van der Waals surface area contributed by atoms with Gasteiger partial charge in [0.2, 0.25) is 33.7 Å². The van der Waals surface area contributed by atoms with Crippen molar-refractivity contribution in [3.8, 4) is 0 Å². The highest BCUT2D eigenvalue weighted by atomic mass is 32.2. The topological polar surface area (TPSA) is 245 Å². The Morgan fingerprint density at radius 3 is 2.42 bits per heavy atom. The van der Waals surface area contributed by atoms with Crippen molar-refractivity contribution in [3.05, 3.63) is 101 Å². The van der Waals surface area contributed by atoms with Crippen LogP contribution in [0.2, 0.25) is 0 Å². The number of nitrogens with zero attached hydrogens (tertiary/aromatic N) is 3. The average molecular weight is 932 g/mol. The summed E-state index contributed by atoms with van der Waals surface area (Å²) in [4.78, 5) is 93.4. The summed E-state index contributed by atoms with van der Waals surface area (Å²) in [6.07, 6.45) is 1.55. The minimum atomic E-state index is -3.46. The van der Waals surface area contributed by atoms with Crippen LogP contribution in [-0.4, -0.2) is 146 Å². The molecule has 65 heavy (non-hydrogen) atoms. The van der Waals surface area contributed by atoms with E-state index in [9.17, 15) is 42.0 Å². The van der Waals surface area contributed by atoms with E-state index in [1.807, 2.05) is 42.3 Å². The van der Waals surface area contributed by atoms with Crippen LogP contribution < -0.4 is 31.9 Å². The first-order valence-electron chi connectivity index (χ1n) is 21.4. The number of sulfonamides is 1. The molecule has 0 bridgehead atoms. The monoisotopic (exact) mass is 931 g/mol. The third-order valence-electron chi connectivity index (χ3n) is 11.7. The number of carbonyl (C=O) groups excluding carboxylic acids is 7. The van der Waals surface area contributed by atoms with Crippen LogP contribution in [0, 0.1) is 5.92 Å². The van der Waals surface area contributed by atoms with E-state index in [4.69, 9.17) is 4.74 Å². The summed E-state index contributed by atoms with van der Waals surface area (Å²) in [5.41, 5.74) is 2.69. The lowest BCUT2D eigenvalue weighted by molar-refractivity contribution is -0.136. The van der Waals surface area contributed by atoms with Crippen molar-refractivity contribution in [2.24, 2.45) is 5.92 Å². The fourth-order valence-corrected chi connectivity index (χ4v) is 10.1. The maximum absolute atomic E-state index is 13.6. The van der Waals surface area contributed by atoms with Gasteiger partial charge < -0.3 is 30.9 Å². The van der Waals surface area contributed by atoms with Gasteiger partial charge in [-0.25, -0.2) is 12.7 Å². The smallest absolute Gasteiger partial charge is 0.264 e. The number of thioether (sulfide) groups is 1. The van der Waals surface area contributed by atoms with Crippen molar-refractivity contribution in [1.29, 1.82) is 0 Å². The Morgan fingerprint density at radius 2 is 1.69 bits per heavy atom. The number of anilines is 1. The van der Waals surface area contributed by atoms with Crippen LogP contribution in [0.4, 0.5) is 5.69 Å². The Morgan fingerprint density at radius 1 is 0.938 bits per heavy atom. The van der Waals surface area contributed by atoms with Gasteiger partial charge in [-0.05, 0) is 55.3 Å². The maximum atomic E-state index is 13.6. The highest BCUT2D eigenvalue weighted by Crippen LogP contribution is 2.32. The van der Waals surface area contributed by atoms with E-state index >= 15 is 0 Å². The van der Waals surface area contributed by atoms with Gasteiger partial charge in [-0.15, -0.1) is 11.8 Å². The molecule has 346 valence electrons. The molecule has 3 saturated heterocycles. The molecule has 4 aliphatic rings. The van der Waals surface area contributed by atoms with Crippen LogP contribution in [0.5, 0.6) is 0 Å². The van der Waals surface area contributed by atoms with Gasteiger partial charge in [0.05, 0.1) is 36.5 Å². The number of amides is 7. The number of piperidine rings is 1. The van der Waals surface area contributed by atoms with Crippen LogP contribution in [0.1, 0.15) is 67.5 Å². The molecule has 3 fully saturated rings. The highest BCUT2D eigenvalue weighted by molar-refractivity contribution is 8.00. The lowest BCUT2D eigenvalue weighted by atomic mass is 10.0. The SMILES string of the molecule is CN(CCNC(=O)c1ccc(COC[C@H](NC(=O)C2CCN(S(C)(=O)=O)C2)C(=O)NC2NC(c3ccccc3)CS2)cc1)CCNc1cccc2c1C(=O)N(C1CCC(=O)NC1=O)C2=O. The summed E-state index contributed by atoms with van der Waals surface area (Å²) in [5, 5.41) is 17.5. The van der Waals surface area contributed by atoms with Gasteiger partial charge in [0, 0.05) is 68.7 Å². The third-order valence-corrected chi connectivity index (χ3v) is 14.1. The van der Waals surface area contributed by atoms with Crippen LogP contribution in [0.15, 0.2) is 72.8 Å². The van der Waals surface area contributed by atoms with Crippen molar-refractivity contribution in [3.63, 3.8) is 0 Å². The quantitative estimate of drug-likeness (QED) is 0.0904. The van der Waals surface area contributed by atoms with E-state index in [2.05, 4.69) is 31.9 Å². The second-order valence-corrected chi connectivity index (χ2v) is 19.5. The molecule has 6 N–H and O–H groups in total. The van der Waals surface area contributed by atoms with E-state index in [0.717, 1.165) is 28.0 Å². The second kappa shape index (κ2) is 21.1. The highest BCUT2D eigenvalue weighted by Gasteiger charge is 2.45. The number of imide groups is 2. The van der Waals surface area contributed by atoms with Gasteiger partial charge in [-0.2, -0.15) is 0 Å². The lowest BCUT2D eigenvalue weighted by Crippen LogP contribution is -2.54. The number of ether oxygens (including phenoxy) is 1. The number of hydrogen-bond acceptors (Lipinski definition) is 14. The number of hydrogen-bond donors (Lipinski definition) is 6. The number of carbonyl (C=O) groups is 7. The molecule has 0 radical (unpaired) electrons. The molecule has 4 unspecified atom stereocenters. The number of likely N-dealkylation sites (N-methyl/N-ethyl adjacent to an activating group) is 1. The normalized spacial score (nSPS) is 21.6. The van der Waals surface area contributed by atoms with Crippen LogP contribution >= 0.6 is 11.8 Å². The molecule has 0 saturated carbocycles. The molecule has 0 aliphatic carbocycles. The van der Waals surface area contributed by atoms with Crippen LogP contribution in [0.3, 0.4) is 0 Å². The van der Waals surface area contributed by atoms with Crippen LogP contribution in [-0.2, 0) is 40.5 Å². The Kier molecular flexibility index (Phi) is 15.3. The van der Waals surface area contributed by atoms with Gasteiger partial charge in [0.1, 0.15) is 17.6 Å². The van der Waals surface area contributed by atoms with Gasteiger partial charge in [-0.3, -0.25) is 49.1 Å². The van der Waals surface area contributed by atoms with E-state index in [1.54, 1.807) is 36.4 Å². The molecular formula is C44H53N9O10S2. The van der Waals surface area contributed by atoms with Crippen LogP contribution in [0.25, 0.3) is 0 Å². The van der Waals surface area contributed by atoms with Gasteiger partial charge in [0.25, 0.3) is 17.7 Å². The zero-order valence-electron chi connectivity index (χ0n) is 36.0. The average Bonchev–Trinajstić information content (AvgIpc) is 4.03. The lowest BCUT2D eigenvalue weighted by Gasteiger charge is -2.27.